The Balaban J connectivity index is 1.69. The van der Waals surface area contributed by atoms with Crippen LogP contribution in [0.2, 0.25) is 5.15 Å². The van der Waals surface area contributed by atoms with Crippen molar-refractivity contribution in [3.05, 3.63) is 11.2 Å². The number of carbonyl (C=O) groups is 1. The number of carboxylic acid groups (broad SMARTS) is 1. The molecule has 2 fully saturated rings. The summed E-state index contributed by atoms with van der Waals surface area (Å²) in [6.07, 6.45) is 0.575. The minimum Gasteiger partial charge on any atom is -0.465 e. The average Bonchev–Trinajstić information content (AvgIpc) is 2.51. The molecule has 0 atom stereocenters. The number of rotatable bonds is 1. The van der Waals surface area contributed by atoms with E-state index in [1.807, 2.05) is 0 Å². The minimum absolute atomic E-state index is 0.301. The fraction of sp³-hybridized carbons (Fsp3) is 0.615. The molecule has 2 aliphatic heterocycles. The van der Waals surface area contributed by atoms with E-state index in [0.717, 1.165) is 18.5 Å². The van der Waals surface area contributed by atoms with E-state index < -0.39 is 11.7 Å². The van der Waals surface area contributed by atoms with Gasteiger partial charge in [0.05, 0.1) is 24.4 Å². The van der Waals surface area contributed by atoms with E-state index in [1.54, 1.807) is 6.07 Å². The van der Waals surface area contributed by atoms with Crippen LogP contribution in [0.15, 0.2) is 6.07 Å². The van der Waals surface area contributed by atoms with Gasteiger partial charge in [-0.3, -0.25) is 0 Å². The Labute approximate surface area is 132 Å². The van der Waals surface area contributed by atoms with Crippen molar-refractivity contribution in [3.8, 4) is 0 Å². The van der Waals surface area contributed by atoms with Gasteiger partial charge in [0.1, 0.15) is 0 Å². The Bertz CT molecular complexity index is 577. The van der Waals surface area contributed by atoms with Crippen LogP contribution in [0.1, 0.15) is 12.8 Å². The molecule has 0 aliphatic carbocycles. The number of hydrogen-bond donors (Lipinski definition) is 2. The number of piperidine rings is 1. The Morgan fingerprint density at radius 2 is 2.09 bits per heavy atom. The number of amides is 1. The van der Waals surface area contributed by atoms with Crippen LogP contribution in [0.4, 0.5) is 16.3 Å². The highest BCUT2D eigenvalue weighted by atomic mass is 35.5. The summed E-state index contributed by atoms with van der Waals surface area (Å²) < 4.78 is 5.91. The number of nitrogens with zero attached hydrogens (tertiary/aromatic N) is 4. The van der Waals surface area contributed by atoms with E-state index >= 15 is 0 Å². The van der Waals surface area contributed by atoms with Gasteiger partial charge in [0.2, 0.25) is 0 Å². The summed E-state index contributed by atoms with van der Waals surface area (Å²) in [6, 6.07) is 1.70. The van der Waals surface area contributed by atoms with Gasteiger partial charge in [-0.25, -0.2) is 4.79 Å². The molecule has 0 radical (unpaired) electrons. The largest absolute Gasteiger partial charge is 0.465 e. The zero-order valence-electron chi connectivity index (χ0n) is 12.0. The molecule has 3 rings (SSSR count). The third-order valence-corrected chi connectivity index (χ3v) is 4.49. The second-order valence-corrected chi connectivity index (χ2v) is 6.05. The lowest BCUT2D eigenvalue weighted by atomic mass is 9.89. The molecule has 0 aromatic carbocycles. The molecule has 3 N–H and O–H groups in total. The SMILES string of the molecule is Nc1nnc(Cl)cc1N1CCC2(CC1)CN(C(=O)O)CCO2. The highest BCUT2D eigenvalue weighted by Crippen LogP contribution is 2.34. The molecule has 120 valence electrons. The Morgan fingerprint density at radius 1 is 1.36 bits per heavy atom. The third kappa shape index (κ3) is 2.89. The van der Waals surface area contributed by atoms with Crippen LogP contribution >= 0.6 is 11.6 Å². The second-order valence-electron chi connectivity index (χ2n) is 5.66. The van der Waals surface area contributed by atoms with Crippen molar-refractivity contribution in [2.24, 2.45) is 0 Å². The first-order valence-electron chi connectivity index (χ1n) is 7.15. The van der Waals surface area contributed by atoms with Crippen LogP contribution in [0.5, 0.6) is 0 Å². The van der Waals surface area contributed by atoms with Gasteiger partial charge >= 0.3 is 6.09 Å². The minimum atomic E-state index is -0.889. The van der Waals surface area contributed by atoms with Gasteiger partial charge in [0.25, 0.3) is 0 Å². The summed E-state index contributed by atoms with van der Waals surface area (Å²) in [5.74, 6) is 0.345. The molecular weight excluding hydrogens is 310 g/mol. The van der Waals surface area contributed by atoms with Crippen LogP contribution in [0.25, 0.3) is 0 Å². The van der Waals surface area contributed by atoms with Gasteiger partial charge in [-0.1, -0.05) is 11.6 Å². The Kier molecular flexibility index (Phi) is 3.96. The van der Waals surface area contributed by atoms with Crippen LogP contribution < -0.4 is 10.6 Å². The average molecular weight is 328 g/mol. The molecule has 2 aliphatic rings. The third-order valence-electron chi connectivity index (χ3n) is 4.31. The first kappa shape index (κ1) is 15.1. The van der Waals surface area contributed by atoms with E-state index in [0.29, 0.717) is 43.8 Å². The molecule has 1 aromatic heterocycles. The lowest BCUT2D eigenvalue weighted by Crippen LogP contribution is -2.58. The van der Waals surface area contributed by atoms with Gasteiger partial charge in [0.15, 0.2) is 11.0 Å². The number of nitrogen functional groups attached to an aromatic ring is 1. The normalized spacial score (nSPS) is 21.1. The van der Waals surface area contributed by atoms with Crippen LogP contribution in [-0.2, 0) is 4.74 Å². The Morgan fingerprint density at radius 3 is 2.77 bits per heavy atom. The van der Waals surface area contributed by atoms with Gasteiger partial charge in [-0.2, -0.15) is 0 Å². The molecule has 1 spiro atoms. The Hall–Kier alpha value is -1.80. The molecule has 3 heterocycles. The summed E-state index contributed by atoms with van der Waals surface area (Å²) >= 11 is 5.88. The predicted molar refractivity (Wildman–Crippen MR) is 81.2 cm³/mol. The number of halogens is 1. The highest BCUT2D eigenvalue weighted by molar-refractivity contribution is 6.29. The lowest BCUT2D eigenvalue weighted by molar-refractivity contribution is -0.113. The van der Waals surface area contributed by atoms with Crippen molar-refractivity contribution in [1.82, 2.24) is 15.1 Å². The van der Waals surface area contributed by atoms with Crippen LogP contribution in [0, 0.1) is 0 Å². The smallest absolute Gasteiger partial charge is 0.407 e. The van der Waals surface area contributed by atoms with Gasteiger partial charge in [-0.05, 0) is 12.8 Å². The maximum Gasteiger partial charge on any atom is 0.407 e. The maximum atomic E-state index is 11.2. The number of ether oxygens (including phenoxy) is 1. The number of morpholine rings is 1. The number of hydrogen-bond acceptors (Lipinski definition) is 6. The molecule has 1 aromatic rings. The standard InChI is InChI=1S/C13H18ClN5O3/c14-10-7-9(11(15)17-16-10)18-3-1-13(2-4-18)8-19(12(20)21)5-6-22-13/h7H,1-6,8H2,(H2,15,17)(H,20,21). The second kappa shape index (κ2) is 5.77. The summed E-state index contributed by atoms with van der Waals surface area (Å²) in [5.41, 5.74) is 6.23. The van der Waals surface area contributed by atoms with Crippen LogP contribution in [0.3, 0.4) is 0 Å². The molecule has 2 saturated heterocycles. The molecule has 0 bridgehead atoms. The molecule has 22 heavy (non-hydrogen) atoms. The van der Waals surface area contributed by atoms with E-state index in [9.17, 15) is 4.79 Å². The van der Waals surface area contributed by atoms with Crippen molar-refractivity contribution in [2.75, 3.05) is 43.4 Å². The first-order chi connectivity index (χ1) is 10.5. The first-order valence-corrected chi connectivity index (χ1v) is 7.52. The predicted octanol–water partition coefficient (Wildman–Crippen LogP) is 1.06. The monoisotopic (exact) mass is 327 g/mol. The van der Waals surface area contributed by atoms with Crippen LogP contribution in [-0.4, -0.2) is 64.7 Å². The molecular formula is C13H18ClN5O3. The zero-order chi connectivity index (χ0) is 15.7. The van der Waals surface area contributed by atoms with Crippen molar-refractivity contribution >= 4 is 29.2 Å². The maximum absolute atomic E-state index is 11.2. The molecule has 9 heteroatoms. The molecule has 1 amide bonds. The fourth-order valence-electron chi connectivity index (χ4n) is 3.09. The topological polar surface area (TPSA) is 105 Å². The zero-order valence-corrected chi connectivity index (χ0v) is 12.8. The summed E-state index contributed by atoms with van der Waals surface area (Å²) in [7, 11) is 0. The van der Waals surface area contributed by atoms with Crippen molar-refractivity contribution in [3.63, 3.8) is 0 Å². The number of anilines is 2. The number of nitrogens with two attached hydrogens (primary N) is 1. The fourth-order valence-corrected chi connectivity index (χ4v) is 3.23. The van der Waals surface area contributed by atoms with Crippen molar-refractivity contribution < 1.29 is 14.6 Å². The summed E-state index contributed by atoms with van der Waals surface area (Å²) in [6.45, 7) is 2.70. The van der Waals surface area contributed by atoms with E-state index in [1.165, 1.54) is 4.90 Å². The van der Waals surface area contributed by atoms with Gasteiger partial charge in [0, 0.05) is 25.7 Å². The molecule has 0 saturated carbocycles. The van der Waals surface area contributed by atoms with E-state index in [2.05, 4.69) is 15.1 Å². The lowest BCUT2D eigenvalue weighted by Gasteiger charge is -2.47. The highest BCUT2D eigenvalue weighted by Gasteiger charge is 2.41. The quantitative estimate of drug-likeness (QED) is 0.794. The van der Waals surface area contributed by atoms with Crippen molar-refractivity contribution in [1.29, 1.82) is 0 Å². The summed E-state index contributed by atoms with van der Waals surface area (Å²) in [4.78, 5) is 14.7. The van der Waals surface area contributed by atoms with Gasteiger partial charge in [-0.15, -0.1) is 10.2 Å². The summed E-state index contributed by atoms with van der Waals surface area (Å²) in [5, 5.41) is 17.0. The molecule has 0 unspecified atom stereocenters. The number of aromatic nitrogens is 2. The molecule has 8 nitrogen and oxygen atoms in total. The van der Waals surface area contributed by atoms with E-state index in [-0.39, 0.29) is 0 Å². The van der Waals surface area contributed by atoms with Gasteiger partial charge < -0.3 is 25.4 Å². The van der Waals surface area contributed by atoms with Crippen molar-refractivity contribution in [2.45, 2.75) is 18.4 Å². The van der Waals surface area contributed by atoms with E-state index in [4.69, 9.17) is 27.2 Å².